The van der Waals surface area contributed by atoms with Gasteiger partial charge in [-0.2, -0.15) is 0 Å². The van der Waals surface area contributed by atoms with Crippen LogP contribution >= 0.6 is 27.3 Å². The third-order valence-electron chi connectivity index (χ3n) is 2.50. The Morgan fingerprint density at radius 2 is 2.12 bits per heavy atom. The van der Waals surface area contributed by atoms with Gasteiger partial charge in [-0.15, -0.1) is 11.3 Å². The SMILES string of the molecule is Cc1nc(-c2ccccc2Br)sc1CC(C)N. The number of hydrogen-bond acceptors (Lipinski definition) is 3. The molecular weight excluding hydrogens is 296 g/mol. The predicted octanol–water partition coefficient (Wildman–Crippen LogP) is 3.77. The highest BCUT2D eigenvalue weighted by Crippen LogP contribution is 2.33. The molecule has 2 rings (SSSR count). The summed E-state index contributed by atoms with van der Waals surface area (Å²) >= 11 is 5.29. The van der Waals surface area contributed by atoms with Crippen molar-refractivity contribution in [2.75, 3.05) is 0 Å². The molecule has 0 aliphatic carbocycles. The fourth-order valence-electron chi connectivity index (χ4n) is 1.66. The number of aryl methyl sites for hydroxylation is 1. The monoisotopic (exact) mass is 310 g/mol. The second-order valence-corrected chi connectivity index (χ2v) is 6.13. The van der Waals surface area contributed by atoms with Crippen LogP contribution in [0.5, 0.6) is 0 Å². The number of nitrogens with zero attached hydrogens (tertiary/aromatic N) is 1. The van der Waals surface area contributed by atoms with Crippen molar-refractivity contribution in [1.29, 1.82) is 0 Å². The molecule has 17 heavy (non-hydrogen) atoms. The van der Waals surface area contributed by atoms with E-state index < -0.39 is 0 Å². The van der Waals surface area contributed by atoms with Crippen LogP contribution in [0.3, 0.4) is 0 Å². The Hall–Kier alpha value is -0.710. The Morgan fingerprint density at radius 1 is 1.41 bits per heavy atom. The van der Waals surface area contributed by atoms with Crippen LogP contribution in [0.1, 0.15) is 17.5 Å². The third kappa shape index (κ3) is 2.94. The molecule has 0 spiro atoms. The molecule has 1 unspecified atom stereocenters. The summed E-state index contributed by atoms with van der Waals surface area (Å²) in [6.07, 6.45) is 0.897. The van der Waals surface area contributed by atoms with Crippen LogP contribution in [-0.2, 0) is 6.42 Å². The molecule has 0 bridgehead atoms. The van der Waals surface area contributed by atoms with Gasteiger partial charge in [-0.25, -0.2) is 4.98 Å². The van der Waals surface area contributed by atoms with Gasteiger partial charge in [-0.05, 0) is 26.3 Å². The molecule has 2 N–H and O–H groups in total. The molecule has 4 heteroatoms. The van der Waals surface area contributed by atoms with Crippen molar-refractivity contribution in [2.45, 2.75) is 26.3 Å². The molecule has 2 aromatic rings. The van der Waals surface area contributed by atoms with E-state index in [2.05, 4.69) is 33.9 Å². The van der Waals surface area contributed by atoms with Crippen molar-refractivity contribution >= 4 is 27.3 Å². The largest absolute Gasteiger partial charge is 0.328 e. The molecule has 2 nitrogen and oxygen atoms in total. The number of thiazole rings is 1. The third-order valence-corrected chi connectivity index (χ3v) is 4.41. The van der Waals surface area contributed by atoms with Gasteiger partial charge in [0.2, 0.25) is 0 Å². The first kappa shape index (κ1) is 12.7. The lowest BCUT2D eigenvalue weighted by Gasteiger charge is -2.01. The van der Waals surface area contributed by atoms with Gasteiger partial charge in [0.05, 0.1) is 5.69 Å². The first-order chi connectivity index (χ1) is 8.08. The maximum atomic E-state index is 5.84. The predicted molar refractivity (Wildman–Crippen MR) is 77.3 cm³/mol. The molecule has 1 heterocycles. The van der Waals surface area contributed by atoms with E-state index in [1.165, 1.54) is 4.88 Å². The van der Waals surface area contributed by atoms with Crippen molar-refractivity contribution in [3.8, 4) is 10.6 Å². The summed E-state index contributed by atoms with van der Waals surface area (Å²) < 4.78 is 1.08. The lowest BCUT2D eigenvalue weighted by Crippen LogP contribution is -2.17. The van der Waals surface area contributed by atoms with Crippen LogP contribution in [0.4, 0.5) is 0 Å². The van der Waals surface area contributed by atoms with E-state index in [9.17, 15) is 0 Å². The quantitative estimate of drug-likeness (QED) is 0.937. The molecule has 1 atom stereocenters. The highest BCUT2D eigenvalue weighted by molar-refractivity contribution is 9.10. The second-order valence-electron chi connectivity index (χ2n) is 4.19. The van der Waals surface area contributed by atoms with Gasteiger partial charge >= 0.3 is 0 Å². The first-order valence-corrected chi connectivity index (χ1v) is 7.15. The summed E-state index contributed by atoms with van der Waals surface area (Å²) in [4.78, 5) is 5.91. The molecule has 0 fully saturated rings. The summed E-state index contributed by atoms with van der Waals surface area (Å²) in [6.45, 7) is 4.08. The van der Waals surface area contributed by atoms with Gasteiger partial charge < -0.3 is 5.73 Å². The van der Waals surface area contributed by atoms with Gasteiger partial charge in [0.1, 0.15) is 5.01 Å². The van der Waals surface area contributed by atoms with E-state index in [0.29, 0.717) is 0 Å². The molecule has 0 aliphatic rings. The van der Waals surface area contributed by atoms with Gasteiger partial charge in [-0.3, -0.25) is 0 Å². The van der Waals surface area contributed by atoms with Crippen LogP contribution < -0.4 is 5.73 Å². The molecule has 0 aliphatic heterocycles. The molecule has 0 saturated heterocycles. The molecule has 1 aromatic carbocycles. The Kier molecular flexibility index (Phi) is 3.97. The average molecular weight is 311 g/mol. The van der Waals surface area contributed by atoms with Crippen LogP contribution in [0.15, 0.2) is 28.7 Å². The average Bonchev–Trinajstić information content (AvgIpc) is 2.60. The van der Waals surface area contributed by atoms with Crippen molar-refractivity contribution in [1.82, 2.24) is 4.98 Å². The van der Waals surface area contributed by atoms with Crippen molar-refractivity contribution in [3.05, 3.63) is 39.3 Å². The highest BCUT2D eigenvalue weighted by atomic mass is 79.9. The maximum Gasteiger partial charge on any atom is 0.124 e. The molecule has 0 amide bonds. The standard InChI is InChI=1S/C13H15BrN2S/c1-8(15)7-12-9(2)16-13(17-12)10-5-3-4-6-11(10)14/h3-6,8H,7,15H2,1-2H3. The summed E-state index contributed by atoms with van der Waals surface area (Å²) in [6, 6.07) is 8.34. The van der Waals surface area contributed by atoms with Crippen LogP contribution in [-0.4, -0.2) is 11.0 Å². The number of halogens is 1. The minimum atomic E-state index is 0.182. The minimum Gasteiger partial charge on any atom is -0.328 e. The molecule has 0 radical (unpaired) electrons. The highest BCUT2D eigenvalue weighted by Gasteiger charge is 2.12. The second kappa shape index (κ2) is 5.29. The molecular formula is C13H15BrN2S. The molecule has 90 valence electrons. The summed E-state index contributed by atoms with van der Waals surface area (Å²) in [5, 5.41) is 1.06. The Morgan fingerprint density at radius 3 is 2.76 bits per heavy atom. The fraction of sp³-hybridized carbons (Fsp3) is 0.308. The lowest BCUT2D eigenvalue weighted by atomic mass is 10.2. The zero-order chi connectivity index (χ0) is 12.4. The number of rotatable bonds is 3. The Bertz CT molecular complexity index is 520. The fourth-order valence-corrected chi connectivity index (χ4v) is 3.51. The van der Waals surface area contributed by atoms with E-state index in [-0.39, 0.29) is 6.04 Å². The molecule has 1 aromatic heterocycles. The number of aromatic nitrogens is 1. The van der Waals surface area contributed by atoms with Gasteiger partial charge in [0, 0.05) is 21.0 Å². The number of nitrogens with two attached hydrogens (primary N) is 1. The van der Waals surface area contributed by atoms with Crippen LogP contribution in [0.2, 0.25) is 0 Å². The smallest absolute Gasteiger partial charge is 0.124 e. The van der Waals surface area contributed by atoms with E-state index in [1.807, 2.05) is 25.1 Å². The van der Waals surface area contributed by atoms with Crippen LogP contribution in [0.25, 0.3) is 10.6 Å². The number of benzene rings is 1. The normalized spacial score (nSPS) is 12.7. The van der Waals surface area contributed by atoms with E-state index >= 15 is 0 Å². The van der Waals surface area contributed by atoms with Gasteiger partial charge in [0.15, 0.2) is 0 Å². The van der Waals surface area contributed by atoms with E-state index in [0.717, 1.165) is 27.2 Å². The Balaban J connectivity index is 2.38. The summed E-state index contributed by atoms with van der Waals surface area (Å²) in [5.74, 6) is 0. The minimum absolute atomic E-state index is 0.182. The van der Waals surface area contributed by atoms with Gasteiger partial charge in [-0.1, -0.05) is 34.1 Å². The zero-order valence-electron chi connectivity index (χ0n) is 9.90. The van der Waals surface area contributed by atoms with E-state index in [1.54, 1.807) is 11.3 Å². The lowest BCUT2D eigenvalue weighted by molar-refractivity contribution is 0.742. The van der Waals surface area contributed by atoms with Crippen molar-refractivity contribution < 1.29 is 0 Å². The summed E-state index contributed by atoms with van der Waals surface area (Å²) in [7, 11) is 0. The van der Waals surface area contributed by atoms with Crippen molar-refractivity contribution in [2.24, 2.45) is 5.73 Å². The molecule has 0 saturated carbocycles. The van der Waals surface area contributed by atoms with Crippen molar-refractivity contribution in [3.63, 3.8) is 0 Å². The maximum absolute atomic E-state index is 5.84. The van der Waals surface area contributed by atoms with E-state index in [4.69, 9.17) is 5.73 Å². The van der Waals surface area contributed by atoms with Crippen LogP contribution in [0, 0.1) is 6.92 Å². The zero-order valence-corrected chi connectivity index (χ0v) is 12.3. The summed E-state index contributed by atoms with van der Waals surface area (Å²) in [5.41, 5.74) is 8.09. The van der Waals surface area contributed by atoms with Gasteiger partial charge in [0.25, 0.3) is 0 Å². The first-order valence-electron chi connectivity index (χ1n) is 5.54. The Labute approximate surface area is 114 Å². The topological polar surface area (TPSA) is 38.9 Å². The number of hydrogen-bond donors (Lipinski definition) is 1.